The predicted molar refractivity (Wildman–Crippen MR) is 185 cm³/mol. The maximum absolute atomic E-state index is 14.1. The van der Waals surface area contributed by atoms with E-state index in [-0.39, 0.29) is 30.1 Å². The Bertz CT molecular complexity index is 1150. The van der Waals surface area contributed by atoms with Crippen molar-refractivity contribution in [2.75, 3.05) is 20.7 Å². The van der Waals surface area contributed by atoms with E-state index in [2.05, 4.69) is 18.7 Å². The van der Waals surface area contributed by atoms with Crippen LogP contribution in [0.4, 0.5) is 0 Å². The first kappa shape index (κ1) is 40.5. The third kappa shape index (κ3) is 8.67. The SMILES string of the molecule is CCC1OC(=O)C(C)C(O[C@H]2C[C@@](C)(OC)C[C@H](C)O2)C(C)[C@@H](OC2OC(C)CC(N(C)CC)[C@H]2O)C2(C)CC(C)=C(O2)[C@H](C)[C@@H](O)[C@H]1C. The number of carbonyl (C=O) groups is 1. The van der Waals surface area contributed by atoms with Crippen LogP contribution < -0.4 is 0 Å². The van der Waals surface area contributed by atoms with E-state index in [4.69, 9.17) is 33.2 Å². The number of rotatable bonds is 8. The Morgan fingerprint density at radius 1 is 0.918 bits per heavy atom. The molecule has 0 aromatic rings. The molecule has 4 rings (SSSR count). The molecule has 2 N–H and O–H groups in total. The van der Waals surface area contributed by atoms with Gasteiger partial charge in [0.05, 0.1) is 35.9 Å². The first-order valence-electron chi connectivity index (χ1n) is 18.7. The molecule has 0 aromatic carbocycles. The Morgan fingerprint density at radius 3 is 2.20 bits per heavy atom. The summed E-state index contributed by atoms with van der Waals surface area (Å²) < 4.78 is 45.6. The number of likely N-dealkylation sites (N-methyl/N-ethyl adjacent to an activating group) is 1. The van der Waals surface area contributed by atoms with Crippen molar-refractivity contribution in [1.29, 1.82) is 0 Å². The van der Waals surface area contributed by atoms with Gasteiger partial charge in [0.25, 0.3) is 0 Å². The fourth-order valence-electron chi connectivity index (χ4n) is 8.88. The van der Waals surface area contributed by atoms with Crippen LogP contribution in [0.2, 0.25) is 0 Å². The van der Waals surface area contributed by atoms with Gasteiger partial charge in [-0.2, -0.15) is 0 Å². The molecule has 11 heteroatoms. The Morgan fingerprint density at radius 2 is 1.59 bits per heavy atom. The Hall–Kier alpha value is -1.31. The second-order valence-electron chi connectivity index (χ2n) is 16.2. The van der Waals surface area contributed by atoms with E-state index < -0.39 is 72.1 Å². The number of cyclic esters (lactones) is 1. The lowest BCUT2D eigenvalue weighted by molar-refractivity contribution is -0.309. The van der Waals surface area contributed by atoms with Crippen molar-refractivity contribution in [1.82, 2.24) is 4.90 Å². The van der Waals surface area contributed by atoms with E-state index in [1.54, 1.807) is 7.11 Å². The number of aliphatic hydroxyl groups excluding tert-OH is 2. The van der Waals surface area contributed by atoms with Crippen molar-refractivity contribution in [3.8, 4) is 0 Å². The molecule has 8 unspecified atom stereocenters. The highest BCUT2D eigenvalue weighted by atomic mass is 16.7. The summed E-state index contributed by atoms with van der Waals surface area (Å²) >= 11 is 0. The van der Waals surface area contributed by atoms with Crippen LogP contribution in [0.15, 0.2) is 11.3 Å². The van der Waals surface area contributed by atoms with Gasteiger partial charge in [-0.3, -0.25) is 4.79 Å². The fourth-order valence-corrected chi connectivity index (χ4v) is 8.88. The zero-order chi connectivity index (χ0) is 36.6. The predicted octanol–water partition coefficient (Wildman–Crippen LogP) is 5.20. The topological polar surface area (TPSA) is 125 Å². The van der Waals surface area contributed by atoms with Gasteiger partial charge in [-0.1, -0.05) is 34.6 Å². The number of aliphatic hydroxyl groups is 2. The van der Waals surface area contributed by atoms with Crippen LogP contribution in [0, 0.1) is 23.7 Å². The molecule has 4 aliphatic rings. The van der Waals surface area contributed by atoms with Gasteiger partial charge in [0, 0.05) is 50.2 Å². The quantitative estimate of drug-likeness (QED) is 0.326. The lowest BCUT2D eigenvalue weighted by Gasteiger charge is -2.48. The minimum atomic E-state index is -0.950. The van der Waals surface area contributed by atoms with Crippen molar-refractivity contribution in [3.63, 3.8) is 0 Å². The highest BCUT2D eigenvalue weighted by molar-refractivity contribution is 5.73. The van der Waals surface area contributed by atoms with Gasteiger partial charge in [-0.25, -0.2) is 0 Å². The van der Waals surface area contributed by atoms with Crippen molar-refractivity contribution in [2.45, 2.75) is 181 Å². The van der Waals surface area contributed by atoms with Gasteiger partial charge < -0.3 is 48.3 Å². The van der Waals surface area contributed by atoms with Gasteiger partial charge in [-0.15, -0.1) is 0 Å². The highest BCUT2D eigenvalue weighted by Crippen LogP contribution is 2.47. The summed E-state index contributed by atoms with van der Waals surface area (Å²) in [6.07, 6.45) is -2.63. The third-order valence-corrected chi connectivity index (χ3v) is 12.0. The van der Waals surface area contributed by atoms with Gasteiger partial charge in [0.1, 0.15) is 29.7 Å². The molecular weight excluding hydrogens is 630 g/mol. The molecule has 0 aliphatic carbocycles. The first-order valence-corrected chi connectivity index (χ1v) is 18.7. The summed E-state index contributed by atoms with van der Waals surface area (Å²) in [6, 6.07) is -0.163. The van der Waals surface area contributed by atoms with Crippen LogP contribution in [0.1, 0.15) is 108 Å². The molecule has 284 valence electrons. The molecule has 16 atom stereocenters. The summed E-state index contributed by atoms with van der Waals surface area (Å²) in [4.78, 5) is 16.2. The zero-order valence-electron chi connectivity index (χ0n) is 32.4. The molecule has 3 saturated heterocycles. The number of ether oxygens (including phenoxy) is 7. The Kier molecular flexibility index (Phi) is 13.3. The van der Waals surface area contributed by atoms with Crippen LogP contribution in [0.5, 0.6) is 0 Å². The fraction of sp³-hybridized carbons (Fsp3) is 0.921. The van der Waals surface area contributed by atoms with Crippen molar-refractivity contribution >= 4 is 5.97 Å². The smallest absolute Gasteiger partial charge is 0.311 e. The summed E-state index contributed by atoms with van der Waals surface area (Å²) in [7, 11) is 3.70. The summed E-state index contributed by atoms with van der Waals surface area (Å²) in [5.74, 6) is -1.60. The first-order chi connectivity index (χ1) is 22.9. The van der Waals surface area contributed by atoms with Crippen LogP contribution in [-0.2, 0) is 38.0 Å². The number of nitrogens with zero attached hydrogens (tertiary/aromatic N) is 1. The lowest BCUT2D eigenvalue weighted by atomic mass is 9.79. The van der Waals surface area contributed by atoms with Gasteiger partial charge in [0.2, 0.25) is 0 Å². The van der Waals surface area contributed by atoms with Crippen molar-refractivity contribution in [2.24, 2.45) is 23.7 Å². The second kappa shape index (κ2) is 16.1. The number of methoxy groups -OCH3 is 1. The Labute approximate surface area is 295 Å². The molecular formula is C38H67NO10. The number of hydrogen-bond donors (Lipinski definition) is 2. The van der Waals surface area contributed by atoms with Gasteiger partial charge in [-0.05, 0) is 73.5 Å². The molecule has 0 radical (unpaired) electrons. The molecule has 0 aromatic heterocycles. The normalized spacial score (nSPS) is 47.2. The standard InChI is InChI=1S/C38H67NO10/c1-14-28-23(6)30(40)24(7)32-20(3)17-38(11,49-32)34(48-36-31(41)27(39(12)15-2)16-21(4)45-36)25(8)33(26(9)35(42)46-28)47-29-19-37(10,43-13)18-22(5)44-29/h21-31,33-34,36,40-41H,14-19H2,1-13H3/t21?,22-,23-,24+,25?,26?,27?,28?,29-,30-,31+,33?,34+,36?,37-,38?/m0/s1. The second-order valence-corrected chi connectivity index (χ2v) is 16.2. The number of hydrogen-bond acceptors (Lipinski definition) is 11. The maximum Gasteiger partial charge on any atom is 0.311 e. The maximum atomic E-state index is 14.1. The molecule has 0 saturated carbocycles. The average Bonchev–Trinajstić information content (AvgIpc) is 3.37. The van der Waals surface area contributed by atoms with Gasteiger partial charge in [0.15, 0.2) is 12.6 Å². The minimum absolute atomic E-state index is 0.124. The monoisotopic (exact) mass is 697 g/mol. The number of esters is 1. The molecule has 0 amide bonds. The molecule has 4 aliphatic heterocycles. The van der Waals surface area contributed by atoms with Crippen molar-refractivity contribution < 1.29 is 48.2 Å². The lowest BCUT2D eigenvalue weighted by Crippen LogP contribution is -2.59. The molecule has 4 heterocycles. The third-order valence-electron chi connectivity index (χ3n) is 12.0. The van der Waals surface area contributed by atoms with Crippen LogP contribution in [-0.4, -0.2) is 114 Å². The summed E-state index contributed by atoms with van der Waals surface area (Å²) in [5, 5.41) is 23.3. The van der Waals surface area contributed by atoms with E-state index in [0.717, 1.165) is 17.9 Å². The number of carbonyl (C=O) groups excluding carboxylic acids is 1. The van der Waals surface area contributed by atoms with Crippen molar-refractivity contribution in [3.05, 3.63) is 11.3 Å². The number of fused-ring (bicyclic) bond motifs is 2. The van der Waals surface area contributed by atoms with Crippen LogP contribution in [0.25, 0.3) is 0 Å². The van der Waals surface area contributed by atoms with Gasteiger partial charge >= 0.3 is 5.97 Å². The zero-order valence-corrected chi connectivity index (χ0v) is 32.4. The van der Waals surface area contributed by atoms with E-state index in [0.29, 0.717) is 32.1 Å². The highest BCUT2D eigenvalue weighted by Gasteiger charge is 2.54. The van der Waals surface area contributed by atoms with E-state index >= 15 is 0 Å². The molecule has 3 fully saturated rings. The molecule has 0 spiro atoms. The summed E-state index contributed by atoms with van der Waals surface area (Å²) in [5.41, 5.74) is -0.370. The molecule has 11 nitrogen and oxygen atoms in total. The molecule has 49 heavy (non-hydrogen) atoms. The Balaban J connectivity index is 1.81. The van der Waals surface area contributed by atoms with E-state index in [1.807, 2.05) is 69.4 Å². The van der Waals surface area contributed by atoms with Crippen LogP contribution in [0.3, 0.4) is 0 Å². The van der Waals surface area contributed by atoms with Crippen LogP contribution >= 0.6 is 0 Å². The van der Waals surface area contributed by atoms with E-state index in [9.17, 15) is 15.0 Å². The average molecular weight is 698 g/mol. The summed E-state index contributed by atoms with van der Waals surface area (Å²) in [6.45, 7) is 22.6. The molecule has 2 bridgehead atoms. The minimum Gasteiger partial charge on any atom is -0.489 e. The largest absolute Gasteiger partial charge is 0.489 e. The van der Waals surface area contributed by atoms with E-state index in [1.165, 1.54) is 0 Å².